The van der Waals surface area contributed by atoms with Gasteiger partial charge in [0.1, 0.15) is 5.78 Å². The summed E-state index contributed by atoms with van der Waals surface area (Å²) in [4.78, 5) is 11.1. The van der Waals surface area contributed by atoms with Crippen LogP contribution in [0, 0.1) is 11.8 Å². The van der Waals surface area contributed by atoms with Gasteiger partial charge < -0.3 is 0 Å². The van der Waals surface area contributed by atoms with Gasteiger partial charge in [0.25, 0.3) is 0 Å². The molecule has 0 rings (SSSR count). The van der Waals surface area contributed by atoms with Gasteiger partial charge >= 0.3 is 0 Å². The predicted molar refractivity (Wildman–Crippen MR) is 43.9 cm³/mol. The molecule has 0 aromatic rings. The van der Waals surface area contributed by atoms with Crippen molar-refractivity contribution < 1.29 is 4.79 Å². The Morgan fingerprint density at radius 1 is 1.00 bits per heavy atom. The van der Waals surface area contributed by atoms with E-state index in [1.165, 1.54) is 0 Å². The topological polar surface area (TPSA) is 17.1 Å². The molecule has 0 aromatic carbocycles. The molecule has 60 valence electrons. The third-order valence-corrected chi connectivity index (χ3v) is 1.27. The molecule has 0 bridgehead atoms. The molecule has 0 unspecified atom stereocenters. The Morgan fingerprint density at radius 3 is 1.50 bits per heavy atom. The molecule has 0 spiro atoms. The first kappa shape index (κ1) is 9.67. The van der Waals surface area contributed by atoms with Gasteiger partial charge in [-0.2, -0.15) is 0 Å². The van der Waals surface area contributed by atoms with Crippen molar-refractivity contribution in [2.75, 3.05) is 0 Å². The summed E-state index contributed by atoms with van der Waals surface area (Å²) < 4.78 is 0. The minimum Gasteiger partial charge on any atom is -0.300 e. The fraction of sp³-hybridized carbons (Fsp3) is 0.889. The van der Waals surface area contributed by atoms with Crippen molar-refractivity contribution in [2.24, 2.45) is 11.8 Å². The molecule has 0 aliphatic carbocycles. The Labute approximate surface area is 63.8 Å². The van der Waals surface area contributed by atoms with Crippen molar-refractivity contribution in [1.29, 1.82) is 0 Å². The lowest BCUT2D eigenvalue weighted by molar-refractivity contribution is -0.120. The van der Waals surface area contributed by atoms with Crippen LogP contribution >= 0.6 is 0 Å². The second-order valence-corrected chi connectivity index (χ2v) is 3.73. The lowest BCUT2D eigenvalue weighted by atomic mass is 10.1. The quantitative estimate of drug-likeness (QED) is 0.557. The average molecular weight is 146 g/mol. The van der Waals surface area contributed by atoms with Gasteiger partial charge in [0.2, 0.25) is 0 Å². The maximum atomic E-state index is 11.1. The van der Waals surface area contributed by atoms with Gasteiger partial charge in [0.15, 0.2) is 0 Å². The second kappa shape index (κ2) is 4.48. The predicted octanol–water partition coefficient (Wildman–Crippen LogP) is 2.65. The fourth-order valence-corrected chi connectivity index (χ4v) is 0.994. The largest absolute Gasteiger partial charge is 0.300 e. The first-order valence-electron chi connectivity index (χ1n) is 4.04. The summed E-state index contributed by atoms with van der Waals surface area (Å²) in [6.45, 7) is 8.33. The second-order valence-electron chi connectivity index (χ2n) is 3.73. The zero-order valence-corrected chi connectivity index (χ0v) is 7.48. The van der Waals surface area contributed by atoms with Crippen molar-refractivity contribution >= 4 is 5.78 Å². The molecule has 0 aromatic heterocycles. The van der Waals surface area contributed by atoms with E-state index in [0.29, 0.717) is 17.6 Å². The molecule has 0 amide bonds. The van der Waals surface area contributed by atoms with E-state index in [0.717, 1.165) is 12.8 Å². The first-order chi connectivity index (χ1) is 4.52. The number of ketones is 1. The van der Waals surface area contributed by atoms with Crippen LogP contribution in [-0.2, 0) is 4.79 Å². The minimum atomic E-state index is 0.407. The van der Waals surface area contributed by atoms with Crippen LogP contribution in [0.15, 0.2) is 0 Å². The highest BCUT2D eigenvalue weighted by molar-refractivity contribution is 5.78. The Morgan fingerprint density at radius 2 is 1.30 bits per heavy atom. The number of hydrogen-bond acceptors (Lipinski definition) is 1. The highest BCUT2D eigenvalue weighted by atomic mass is 16.1. The zero-order valence-electron chi connectivity index (χ0n) is 7.48. The van der Waals surface area contributed by atoms with E-state index in [1.807, 2.05) is 0 Å². The number of hydrogen-bond donors (Lipinski definition) is 0. The van der Waals surface area contributed by atoms with E-state index < -0.39 is 0 Å². The molecule has 0 aliphatic heterocycles. The smallest absolute Gasteiger partial charge is 0.133 e. The van der Waals surface area contributed by atoms with Gasteiger partial charge in [-0.1, -0.05) is 27.7 Å². The van der Waals surface area contributed by atoms with E-state index >= 15 is 0 Å². The maximum absolute atomic E-state index is 11.1. The highest BCUT2D eigenvalue weighted by Crippen LogP contribution is 2.07. The van der Waals surface area contributed by atoms with Gasteiger partial charge in [-0.05, 0) is 11.8 Å². The third kappa shape index (κ3) is 5.80. The standard InChI is InChI=1S/C9H18O/c1-7(2)5-9(10)6-8(3)4/h7-8H,5-6H2,1-4H3/i1+1,2+1,3+1,4+1. The van der Waals surface area contributed by atoms with Crippen LogP contribution in [-0.4, -0.2) is 5.78 Å². The molecule has 0 atom stereocenters. The van der Waals surface area contributed by atoms with Crippen LogP contribution in [0.25, 0.3) is 0 Å². The SMILES string of the molecule is [13CH3]C([13CH3])CC(=O)CC([13CH3])[13CH3]. The molecule has 10 heavy (non-hydrogen) atoms. The molecular weight excluding hydrogens is 128 g/mol. The van der Waals surface area contributed by atoms with Gasteiger partial charge in [-0.25, -0.2) is 0 Å². The Bertz CT molecular complexity index is 91.3. The third-order valence-electron chi connectivity index (χ3n) is 1.27. The number of carbonyl (C=O) groups is 1. The summed E-state index contributed by atoms with van der Waals surface area (Å²) in [6, 6.07) is 0. The summed E-state index contributed by atoms with van der Waals surface area (Å²) in [7, 11) is 0. The normalized spacial score (nSPS) is 11.0. The molecule has 0 heterocycles. The first-order valence-corrected chi connectivity index (χ1v) is 4.04. The van der Waals surface area contributed by atoms with Crippen molar-refractivity contribution in [3.8, 4) is 0 Å². The van der Waals surface area contributed by atoms with Crippen molar-refractivity contribution in [2.45, 2.75) is 40.5 Å². The minimum absolute atomic E-state index is 0.407. The Balaban J connectivity index is 3.44. The molecule has 1 nitrogen and oxygen atoms in total. The fourth-order valence-electron chi connectivity index (χ4n) is 0.994. The average Bonchev–Trinajstić information content (AvgIpc) is 1.58. The number of carbonyl (C=O) groups excluding carboxylic acids is 1. The molecule has 0 saturated carbocycles. The van der Waals surface area contributed by atoms with Gasteiger partial charge in [0.05, 0.1) is 0 Å². The zero-order chi connectivity index (χ0) is 8.15. The lowest BCUT2D eigenvalue weighted by Gasteiger charge is -2.05. The summed E-state index contributed by atoms with van der Waals surface area (Å²) in [6.07, 6.45) is 1.50. The van der Waals surface area contributed by atoms with Crippen molar-refractivity contribution in [3.63, 3.8) is 0 Å². The van der Waals surface area contributed by atoms with E-state index in [2.05, 4.69) is 27.7 Å². The Kier molecular flexibility index (Phi) is 4.33. The molecule has 1 heteroatoms. The van der Waals surface area contributed by atoms with Crippen molar-refractivity contribution in [1.82, 2.24) is 0 Å². The Hall–Kier alpha value is -0.330. The van der Waals surface area contributed by atoms with E-state index in [4.69, 9.17) is 0 Å². The molecule has 0 N–H and O–H groups in total. The van der Waals surface area contributed by atoms with Crippen LogP contribution in [0.2, 0.25) is 0 Å². The van der Waals surface area contributed by atoms with Crippen LogP contribution in [0.3, 0.4) is 0 Å². The van der Waals surface area contributed by atoms with E-state index in [-0.39, 0.29) is 0 Å². The molecule has 0 aliphatic rings. The van der Waals surface area contributed by atoms with Crippen LogP contribution in [0.4, 0.5) is 0 Å². The van der Waals surface area contributed by atoms with Crippen LogP contribution in [0.5, 0.6) is 0 Å². The summed E-state index contributed by atoms with van der Waals surface area (Å²) in [5.74, 6) is 1.45. The van der Waals surface area contributed by atoms with Gasteiger partial charge in [-0.15, -0.1) is 0 Å². The molecule has 0 saturated heterocycles. The monoisotopic (exact) mass is 146 g/mol. The summed E-state index contributed by atoms with van der Waals surface area (Å²) in [5.41, 5.74) is 0. The van der Waals surface area contributed by atoms with Crippen LogP contribution < -0.4 is 0 Å². The van der Waals surface area contributed by atoms with Gasteiger partial charge in [0, 0.05) is 12.8 Å². The molecule has 0 fully saturated rings. The highest BCUT2D eigenvalue weighted by Gasteiger charge is 2.06. The number of rotatable bonds is 4. The molecular formula is C9H18O. The van der Waals surface area contributed by atoms with Crippen LogP contribution in [0.1, 0.15) is 40.5 Å². The summed E-state index contributed by atoms with van der Waals surface area (Å²) >= 11 is 0. The number of Topliss-reactive ketones (excluding diaryl/α,β-unsaturated/α-hetero) is 1. The molecule has 0 radical (unpaired) electrons. The van der Waals surface area contributed by atoms with Gasteiger partial charge in [-0.3, -0.25) is 4.79 Å². The summed E-state index contributed by atoms with van der Waals surface area (Å²) in [5, 5.41) is 0. The van der Waals surface area contributed by atoms with E-state index in [9.17, 15) is 4.79 Å². The lowest BCUT2D eigenvalue weighted by Crippen LogP contribution is -2.05. The van der Waals surface area contributed by atoms with E-state index in [1.54, 1.807) is 0 Å². The van der Waals surface area contributed by atoms with Crippen molar-refractivity contribution in [3.05, 3.63) is 0 Å². The maximum Gasteiger partial charge on any atom is 0.133 e.